The molecule has 1 amide bonds. The van der Waals surface area contributed by atoms with Crippen LogP contribution >= 0.6 is 11.6 Å². The first-order chi connectivity index (χ1) is 16.5. The van der Waals surface area contributed by atoms with E-state index in [1.807, 2.05) is 0 Å². The molecule has 0 N–H and O–H groups in total. The molecular weight excluding hydrogens is 508 g/mol. The number of hydrogen-bond donors (Lipinski definition) is 0. The first-order valence-corrected chi connectivity index (χ1v) is 10.9. The lowest BCUT2D eigenvalue weighted by Gasteiger charge is -2.32. The van der Waals surface area contributed by atoms with Gasteiger partial charge in [-0.15, -0.1) is 0 Å². The van der Waals surface area contributed by atoms with Crippen LogP contribution in [0.3, 0.4) is 0 Å². The van der Waals surface area contributed by atoms with E-state index in [4.69, 9.17) is 11.6 Å². The van der Waals surface area contributed by atoms with E-state index in [1.165, 1.54) is 39.1 Å². The molecule has 10 heteroatoms. The third kappa shape index (κ3) is 5.41. The van der Waals surface area contributed by atoms with Crippen molar-refractivity contribution in [2.24, 2.45) is 0 Å². The van der Waals surface area contributed by atoms with Gasteiger partial charge in [-0.3, -0.25) is 9.59 Å². The van der Waals surface area contributed by atoms with Crippen LogP contribution in [0.1, 0.15) is 46.5 Å². The summed E-state index contributed by atoms with van der Waals surface area (Å²) in [6.07, 6.45) is -10.1. The molecule has 0 aliphatic heterocycles. The van der Waals surface area contributed by atoms with Gasteiger partial charge in [0, 0.05) is 12.6 Å². The standard InChI is InChI=1S/C26H20ClF6NO2/c1-24(2,16-12-17(25(28,29)30)14-18(13-16)26(31,32)33)23(36)34(3)20-11-7-10-19(27)21(20)22(35)15-8-5-4-6-9-15/h4-14H,1-3H3. The highest BCUT2D eigenvalue weighted by molar-refractivity contribution is 6.36. The third-order valence-electron chi connectivity index (χ3n) is 5.76. The molecule has 0 heterocycles. The van der Waals surface area contributed by atoms with E-state index >= 15 is 0 Å². The van der Waals surface area contributed by atoms with Gasteiger partial charge < -0.3 is 4.90 Å². The molecular formula is C26H20ClF6NO2. The Bertz CT molecular complexity index is 1270. The highest BCUT2D eigenvalue weighted by Gasteiger charge is 2.41. The van der Waals surface area contributed by atoms with E-state index in [1.54, 1.807) is 30.3 Å². The fourth-order valence-corrected chi connectivity index (χ4v) is 3.97. The van der Waals surface area contributed by atoms with Crippen molar-refractivity contribution >= 4 is 29.0 Å². The molecule has 0 unspecified atom stereocenters. The van der Waals surface area contributed by atoms with Crippen LogP contribution in [0.5, 0.6) is 0 Å². The zero-order valence-corrected chi connectivity index (χ0v) is 20.0. The Labute approximate surface area is 208 Å². The van der Waals surface area contributed by atoms with Crippen molar-refractivity contribution in [2.75, 3.05) is 11.9 Å². The van der Waals surface area contributed by atoms with Crippen LogP contribution < -0.4 is 4.90 Å². The van der Waals surface area contributed by atoms with Crippen LogP contribution in [-0.2, 0) is 22.6 Å². The van der Waals surface area contributed by atoms with E-state index in [0.29, 0.717) is 12.1 Å². The average Bonchev–Trinajstić information content (AvgIpc) is 2.81. The van der Waals surface area contributed by atoms with Crippen molar-refractivity contribution in [2.45, 2.75) is 31.6 Å². The Balaban J connectivity index is 2.11. The summed E-state index contributed by atoms with van der Waals surface area (Å²) in [4.78, 5) is 27.7. The number of benzene rings is 3. The van der Waals surface area contributed by atoms with Crippen molar-refractivity contribution in [1.82, 2.24) is 0 Å². The topological polar surface area (TPSA) is 37.4 Å². The number of alkyl halides is 6. The van der Waals surface area contributed by atoms with Gasteiger partial charge in [-0.05, 0) is 49.7 Å². The minimum absolute atomic E-state index is 0.00136. The number of anilines is 1. The van der Waals surface area contributed by atoms with Crippen molar-refractivity contribution < 1.29 is 35.9 Å². The maximum Gasteiger partial charge on any atom is 0.416 e. The molecule has 0 aromatic heterocycles. The summed E-state index contributed by atoms with van der Waals surface area (Å²) < 4.78 is 80.3. The number of halogens is 7. The zero-order chi connectivity index (χ0) is 27.1. The summed E-state index contributed by atoms with van der Waals surface area (Å²) >= 11 is 6.29. The van der Waals surface area contributed by atoms with Crippen molar-refractivity contribution in [3.05, 3.63) is 99.6 Å². The molecule has 0 atom stereocenters. The number of carbonyl (C=O) groups is 2. The van der Waals surface area contributed by atoms with Gasteiger partial charge in [-0.1, -0.05) is 48.0 Å². The van der Waals surface area contributed by atoms with E-state index in [-0.39, 0.29) is 27.9 Å². The number of amides is 1. The summed E-state index contributed by atoms with van der Waals surface area (Å²) in [6.45, 7) is 2.43. The molecule has 3 rings (SSSR count). The van der Waals surface area contributed by atoms with Gasteiger partial charge in [0.05, 0.1) is 32.8 Å². The number of ketones is 1. The molecule has 3 nitrogen and oxygen atoms in total. The lowest BCUT2D eigenvalue weighted by molar-refractivity contribution is -0.143. The van der Waals surface area contributed by atoms with Crippen molar-refractivity contribution in [3.63, 3.8) is 0 Å². The van der Waals surface area contributed by atoms with Crippen LogP contribution in [0.25, 0.3) is 0 Å². The van der Waals surface area contributed by atoms with E-state index in [2.05, 4.69) is 0 Å². The molecule has 3 aromatic carbocycles. The second-order valence-corrected chi connectivity index (χ2v) is 9.02. The minimum atomic E-state index is -5.07. The molecule has 0 aliphatic carbocycles. The summed E-state index contributed by atoms with van der Waals surface area (Å²) in [5, 5.41) is 0.0252. The van der Waals surface area contributed by atoms with E-state index in [0.717, 1.165) is 4.90 Å². The highest BCUT2D eigenvalue weighted by atomic mass is 35.5. The van der Waals surface area contributed by atoms with Gasteiger partial charge in [-0.2, -0.15) is 26.3 Å². The Kier molecular flexibility index (Phi) is 7.28. The van der Waals surface area contributed by atoms with Crippen molar-refractivity contribution in [1.29, 1.82) is 0 Å². The number of hydrogen-bond acceptors (Lipinski definition) is 2. The second kappa shape index (κ2) is 9.61. The number of rotatable bonds is 5. The monoisotopic (exact) mass is 527 g/mol. The molecule has 0 radical (unpaired) electrons. The minimum Gasteiger partial charge on any atom is -0.314 e. The number of carbonyl (C=O) groups excluding carboxylic acids is 2. The molecule has 0 saturated heterocycles. The van der Waals surface area contributed by atoms with Crippen LogP contribution in [0, 0.1) is 0 Å². The summed E-state index contributed by atoms with van der Waals surface area (Å²) in [5.74, 6) is -1.36. The lowest BCUT2D eigenvalue weighted by atomic mass is 9.81. The predicted octanol–water partition coefficient (Wildman–Crippen LogP) is 7.55. The largest absolute Gasteiger partial charge is 0.416 e. The lowest BCUT2D eigenvalue weighted by Crippen LogP contribution is -2.42. The maximum atomic E-state index is 13.5. The molecule has 0 bridgehead atoms. The van der Waals surface area contributed by atoms with E-state index < -0.39 is 46.1 Å². The molecule has 0 saturated carbocycles. The molecule has 3 aromatic rings. The van der Waals surface area contributed by atoms with Gasteiger partial charge in [0.25, 0.3) is 0 Å². The fourth-order valence-electron chi connectivity index (χ4n) is 3.72. The van der Waals surface area contributed by atoms with Gasteiger partial charge in [0.2, 0.25) is 5.91 Å². The SMILES string of the molecule is CN(C(=O)C(C)(C)c1cc(C(F)(F)F)cc(C(F)(F)F)c1)c1cccc(Cl)c1C(=O)c1ccccc1. The predicted molar refractivity (Wildman–Crippen MR) is 124 cm³/mol. The molecule has 190 valence electrons. The average molecular weight is 528 g/mol. The summed E-state index contributed by atoms with van der Waals surface area (Å²) in [7, 11) is 1.27. The van der Waals surface area contributed by atoms with Crippen molar-refractivity contribution in [3.8, 4) is 0 Å². The van der Waals surface area contributed by atoms with E-state index in [9.17, 15) is 35.9 Å². The molecule has 0 aliphatic rings. The smallest absolute Gasteiger partial charge is 0.314 e. The highest BCUT2D eigenvalue weighted by Crippen LogP contribution is 2.40. The van der Waals surface area contributed by atoms with Crippen LogP contribution in [0.4, 0.5) is 32.0 Å². The Morgan fingerprint density at radius 3 is 1.75 bits per heavy atom. The molecule has 0 fully saturated rings. The van der Waals surface area contributed by atoms with Crippen LogP contribution in [0.2, 0.25) is 5.02 Å². The van der Waals surface area contributed by atoms with Crippen LogP contribution in [-0.4, -0.2) is 18.7 Å². The van der Waals surface area contributed by atoms with Gasteiger partial charge in [-0.25, -0.2) is 0 Å². The fraction of sp³-hybridized carbons (Fsp3) is 0.231. The van der Waals surface area contributed by atoms with Gasteiger partial charge in [0.15, 0.2) is 5.78 Å². The quantitative estimate of drug-likeness (QED) is 0.254. The Hall–Kier alpha value is -3.33. The normalized spacial score (nSPS) is 12.4. The summed E-state index contributed by atoms with van der Waals surface area (Å²) in [6, 6.07) is 13.4. The summed E-state index contributed by atoms with van der Waals surface area (Å²) in [5.41, 5.74) is -5.09. The first kappa shape index (κ1) is 27.3. The number of nitrogens with zero attached hydrogens (tertiary/aromatic N) is 1. The zero-order valence-electron chi connectivity index (χ0n) is 19.3. The Morgan fingerprint density at radius 1 is 0.750 bits per heavy atom. The third-order valence-corrected chi connectivity index (χ3v) is 6.08. The van der Waals surface area contributed by atoms with Gasteiger partial charge >= 0.3 is 12.4 Å². The molecule has 0 spiro atoms. The molecule has 36 heavy (non-hydrogen) atoms. The first-order valence-electron chi connectivity index (χ1n) is 10.5. The van der Waals surface area contributed by atoms with Crippen LogP contribution in [0.15, 0.2) is 66.7 Å². The number of likely N-dealkylation sites (N-methyl/N-ethyl adjacent to an activating group) is 1. The van der Waals surface area contributed by atoms with Gasteiger partial charge in [0.1, 0.15) is 0 Å². The maximum absolute atomic E-state index is 13.5. The second-order valence-electron chi connectivity index (χ2n) is 8.61. The Morgan fingerprint density at radius 2 is 1.25 bits per heavy atom.